The first-order valence-electron chi connectivity index (χ1n) is 7.44. The molecule has 0 bridgehead atoms. The molecule has 1 saturated heterocycles. The summed E-state index contributed by atoms with van der Waals surface area (Å²) in [5.41, 5.74) is -1.19. The van der Waals surface area contributed by atoms with Gasteiger partial charge in [0.25, 0.3) is 0 Å². The zero-order valence-corrected chi connectivity index (χ0v) is 13.2. The van der Waals surface area contributed by atoms with E-state index in [9.17, 15) is 14.7 Å². The average Bonchev–Trinajstić information content (AvgIpc) is 2.43. The Labute approximate surface area is 126 Å². The Balaban J connectivity index is 2.70. The second-order valence-corrected chi connectivity index (χ2v) is 5.72. The minimum Gasteiger partial charge on any atom is -0.480 e. The van der Waals surface area contributed by atoms with Crippen LogP contribution in [-0.4, -0.2) is 79.4 Å². The molecule has 2 N–H and O–H groups in total. The van der Waals surface area contributed by atoms with Gasteiger partial charge in [-0.2, -0.15) is 0 Å². The predicted molar refractivity (Wildman–Crippen MR) is 79.4 cm³/mol. The standard InChI is InChI=1S/C14H27N3O4/c1-4-7-17(9-8-16(2)3)13(20)15-14(12(18)19)5-10-21-11-6-14/h4-11H2,1-3H3,(H,15,20)(H,18,19). The molecular formula is C14H27N3O4. The minimum absolute atomic E-state index is 0.303. The van der Waals surface area contributed by atoms with Gasteiger partial charge in [0.05, 0.1) is 0 Å². The SMILES string of the molecule is CCCN(CCN(C)C)C(=O)NC1(C(=O)O)CCOCC1. The van der Waals surface area contributed by atoms with Crippen LogP contribution in [0.25, 0.3) is 0 Å². The van der Waals surface area contributed by atoms with Crippen LogP contribution in [0.5, 0.6) is 0 Å². The first kappa shape index (κ1) is 17.7. The summed E-state index contributed by atoms with van der Waals surface area (Å²) in [6, 6.07) is -0.303. The number of nitrogens with one attached hydrogen (secondary N) is 1. The summed E-state index contributed by atoms with van der Waals surface area (Å²) in [5.74, 6) is -0.983. The van der Waals surface area contributed by atoms with Gasteiger partial charge in [-0.05, 0) is 20.5 Å². The highest BCUT2D eigenvalue weighted by atomic mass is 16.5. The van der Waals surface area contributed by atoms with Crippen LogP contribution in [0, 0.1) is 0 Å². The number of rotatable bonds is 7. The number of amides is 2. The molecule has 1 aliphatic heterocycles. The Bertz CT molecular complexity index is 354. The summed E-state index contributed by atoms with van der Waals surface area (Å²) in [4.78, 5) is 27.7. The van der Waals surface area contributed by atoms with Crippen LogP contribution >= 0.6 is 0 Å². The van der Waals surface area contributed by atoms with E-state index in [1.807, 2.05) is 25.9 Å². The molecule has 7 heteroatoms. The van der Waals surface area contributed by atoms with E-state index in [1.54, 1.807) is 4.90 Å². The second-order valence-electron chi connectivity index (χ2n) is 5.72. The largest absolute Gasteiger partial charge is 0.480 e. The Morgan fingerprint density at radius 2 is 1.81 bits per heavy atom. The number of hydrogen-bond acceptors (Lipinski definition) is 4. The quantitative estimate of drug-likeness (QED) is 0.720. The molecule has 0 atom stereocenters. The summed E-state index contributed by atoms with van der Waals surface area (Å²) in [6.07, 6.45) is 1.45. The van der Waals surface area contributed by atoms with Gasteiger partial charge >= 0.3 is 12.0 Å². The van der Waals surface area contributed by atoms with E-state index in [-0.39, 0.29) is 6.03 Å². The highest BCUT2D eigenvalue weighted by Crippen LogP contribution is 2.21. The Morgan fingerprint density at radius 3 is 2.29 bits per heavy atom. The molecular weight excluding hydrogens is 274 g/mol. The first-order valence-corrected chi connectivity index (χ1v) is 7.44. The average molecular weight is 301 g/mol. The van der Waals surface area contributed by atoms with E-state index < -0.39 is 11.5 Å². The van der Waals surface area contributed by atoms with Crippen LogP contribution in [0.15, 0.2) is 0 Å². The highest BCUT2D eigenvalue weighted by Gasteiger charge is 2.42. The maximum atomic E-state index is 12.4. The van der Waals surface area contributed by atoms with Crippen LogP contribution < -0.4 is 5.32 Å². The Kier molecular flexibility index (Phi) is 6.91. The number of likely N-dealkylation sites (N-methyl/N-ethyl adjacent to an activating group) is 1. The second kappa shape index (κ2) is 8.19. The number of carbonyl (C=O) groups is 2. The van der Waals surface area contributed by atoms with Gasteiger partial charge in [0.15, 0.2) is 0 Å². The van der Waals surface area contributed by atoms with Crippen molar-refractivity contribution in [2.75, 3.05) is 46.9 Å². The number of ether oxygens (including phenoxy) is 1. The van der Waals surface area contributed by atoms with E-state index >= 15 is 0 Å². The van der Waals surface area contributed by atoms with Gasteiger partial charge < -0.3 is 25.0 Å². The van der Waals surface area contributed by atoms with Crippen molar-refractivity contribution in [3.8, 4) is 0 Å². The minimum atomic E-state index is -1.19. The van der Waals surface area contributed by atoms with Gasteiger partial charge in [0.2, 0.25) is 0 Å². The zero-order chi connectivity index (χ0) is 15.9. The predicted octanol–water partition coefficient (Wildman–Crippen LogP) is 0.603. The van der Waals surface area contributed by atoms with Gasteiger partial charge in [0, 0.05) is 45.7 Å². The molecule has 0 unspecified atom stereocenters. The smallest absolute Gasteiger partial charge is 0.329 e. The van der Waals surface area contributed by atoms with Crippen LogP contribution in [0.1, 0.15) is 26.2 Å². The lowest BCUT2D eigenvalue weighted by atomic mass is 9.90. The van der Waals surface area contributed by atoms with E-state index in [4.69, 9.17) is 4.74 Å². The van der Waals surface area contributed by atoms with Crippen molar-refractivity contribution in [3.63, 3.8) is 0 Å². The van der Waals surface area contributed by atoms with Crippen molar-refractivity contribution in [3.05, 3.63) is 0 Å². The van der Waals surface area contributed by atoms with Crippen molar-refractivity contribution >= 4 is 12.0 Å². The van der Waals surface area contributed by atoms with Crippen molar-refractivity contribution in [2.24, 2.45) is 0 Å². The molecule has 1 heterocycles. The number of urea groups is 1. The lowest BCUT2D eigenvalue weighted by molar-refractivity contribution is -0.148. The van der Waals surface area contributed by atoms with Crippen LogP contribution in [0.4, 0.5) is 4.79 Å². The Hall–Kier alpha value is -1.34. The van der Waals surface area contributed by atoms with Gasteiger partial charge in [-0.1, -0.05) is 6.92 Å². The first-order chi connectivity index (χ1) is 9.91. The van der Waals surface area contributed by atoms with E-state index in [0.29, 0.717) is 39.1 Å². The normalized spacial score (nSPS) is 17.5. The van der Waals surface area contributed by atoms with E-state index in [2.05, 4.69) is 5.32 Å². The van der Waals surface area contributed by atoms with Crippen LogP contribution in [-0.2, 0) is 9.53 Å². The monoisotopic (exact) mass is 301 g/mol. The number of nitrogens with zero attached hydrogens (tertiary/aromatic N) is 2. The summed E-state index contributed by atoms with van der Waals surface area (Å²) in [7, 11) is 3.89. The van der Waals surface area contributed by atoms with Crippen molar-refractivity contribution in [1.29, 1.82) is 0 Å². The molecule has 1 rings (SSSR count). The topological polar surface area (TPSA) is 82.1 Å². The number of carbonyl (C=O) groups excluding carboxylic acids is 1. The highest BCUT2D eigenvalue weighted by molar-refractivity contribution is 5.86. The third kappa shape index (κ3) is 5.17. The fraction of sp³-hybridized carbons (Fsp3) is 0.857. The van der Waals surface area contributed by atoms with Crippen LogP contribution in [0.3, 0.4) is 0 Å². The molecule has 0 aliphatic carbocycles. The molecule has 0 aromatic rings. The lowest BCUT2D eigenvalue weighted by Crippen LogP contribution is -2.60. The molecule has 21 heavy (non-hydrogen) atoms. The molecule has 0 spiro atoms. The Morgan fingerprint density at radius 1 is 1.19 bits per heavy atom. The number of carboxylic acids is 1. The molecule has 0 aromatic heterocycles. The molecule has 1 fully saturated rings. The summed E-state index contributed by atoms with van der Waals surface area (Å²) >= 11 is 0. The summed E-state index contributed by atoms with van der Waals surface area (Å²) in [6.45, 7) is 4.66. The molecule has 7 nitrogen and oxygen atoms in total. The molecule has 122 valence electrons. The van der Waals surface area contributed by atoms with E-state index in [1.165, 1.54) is 0 Å². The molecule has 0 radical (unpaired) electrons. The fourth-order valence-corrected chi connectivity index (χ4v) is 2.30. The lowest BCUT2D eigenvalue weighted by Gasteiger charge is -2.36. The van der Waals surface area contributed by atoms with Crippen molar-refractivity contribution in [1.82, 2.24) is 15.1 Å². The number of hydrogen-bond donors (Lipinski definition) is 2. The van der Waals surface area contributed by atoms with Crippen molar-refractivity contribution < 1.29 is 19.4 Å². The van der Waals surface area contributed by atoms with E-state index in [0.717, 1.165) is 13.0 Å². The number of aliphatic carboxylic acids is 1. The maximum Gasteiger partial charge on any atom is 0.329 e. The summed E-state index contributed by atoms with van der Waals surface area (Å²) in [5, 5.41) is 12.2. The maximum absolute atomic E-state index is 12.4. The number of carboxylic acid groups (broad SMARTS) is 1. The van der Waals surface area contributed by atoms with Gasteiger partial charge in [0.1, 0.15) is 5.54 Å². The third-order valence-electron chi connectivity index (χ3n) is 3.70. The molecule has 0 saturated carbocycles. The summed E-state index contributed by atoms with van der Waals surface area (Å²) < 4.78 is 5.21. The fourth-order valence-electron chi connectivity index (χ4n) is 2.30. The third-order valence-corrected chi connectivity index (χ3v) is 3.70. The molecule has 2 amide bonds. The zero-order valence-electron chi connectivity index (χ0n) is 13.2. The van der Waals surface area contributed by atoms with Gasteiger partial charge in [-0.25, -0.2) is 9.59 Å². The molecule has 1 aliphatic rings. The van der Waals surface area contributed by atoms with Crippen LogP contribution in [0.2, 0.25) is 0 Å². The van der Waals surface area contributed by atoms with Gasteiger partial charge in [-0.3, -0.25) is 0 Å². The van der Waals surface area contributed by atoms with Crippen molar-refractivity contribution in [2.45, 2.75) is 31.7 Å². The van der Waals surface area contributed by atoms with Gasteiger partial charge in [-0.15, -0.1) is 0 Å². The molecule has 0 aromatic carbocycles.